The van der Waals surface area contributed by atoms with Gasteiger partial charge in [0, 0.05) is 55.6 Å². The van der Waals surface area contributed by atoms with Gasteiger partial charge in [0.15, 0.2) is 0 Å². The SMILES string of the molecule is CC(C)O.CC(C)O.CN=S(=O)([CH-]C=C(c1ccccc1)c1ccccc1)c1ccccc1.CN=S(=O)([CH-]C=C(c1ccccc1)c1ccccc1)c1ccccc1.[Ti+2]. The Bertz CT molecular complexity index is 2100. The van der Waals surface area contributed by atoms with Crippen molar-refractivity contribution in [1.29, 1.82) is 0 Å². The average Bonchev–Trinajstić information content (AvgIpc) is 3.25. The third-order valence-corrected chi connectivity index (χ3v) is 11.9. The third kappa shape index (κ3) is 17.4. The summed E-state index contributed by atoms with van der Waals surface area (Å²) < 4.78 is 34.9. The third-order valence-electron chi connectivity index (χ3n) is 7.88. The van der Waals surface area contributed by atoms with Crippen LogP contribution in [0.25, 0.3) is 11.1 Å². The van der Waals surface area contributed by atoms with Crippen LogP contribution in [0.5, 0.6) is 0 Å². The van der Waals surface area contributed by atoms with Gasteiger partial charge in [0.05, 0.1) is 0 Å². The molecule has 6 rings (SSSR count). The topological polar surface area (TPSA) is 99.3 Å². The van der Waals surface area contributed by atoms with E-state index >= 15 is 0 Å². The summed E-state index contributed by atoms with van der Waals surface area (Å²) >= 11 is 0. The fourth-order valence-corrected chi connectivity index (χ4v) is 7.94. The van der Waals surface area contributed by atoms with Crippen LogP contribution in [-0.4, -0.2) is 44.9 Å². The molecule has 0 amide bonds. The van der Waals surface area contributed by atoms with Crippen molar-refractivity contribution >= 4 is 30.6 Å². The second kappa shape index (κ2) is 27.0. The van der Waals surface area contributed by atoms with E-state index in [1.165, 1.54) is 0 Å². The summed E-state index contributed by atoms with van der Waals surface area (Å²) in [6, 6.07) is 59.2. The molecular formula is C50H56N2O4S2Ti. The van der Waals surface area contributed by atoms with Gasteiger partial charge in [-0.05, 0) is 52.0 Å². The first kappa shape index (κ1) is 50.2. The number of hydrogen-bond acceptors (Lipinski definition) is 6. The molecule has 2 unspecified atom stereocenters. The standard InChI is InChI=1S/2C22H20NOS.2C3H8O.Ti/c2*1-23-25(24,21-15-9-4-10-16-21)18-17-22(19-11-5-2-6-12-19)20-13-7-3-8-14-20;2*1-3(2)4;/h2*2-18H,1H3;2*3-4H,1-2H3;/q2*-1;;;+2. The van der Waals surface area contributed by atoms with Gasteiger partial charge in [0.25, 0.3) is 0 Å². The molecule has 306 valence electrons. The van der Waals surface area contributed by atoms with E-state index < -0.39 is 19.5 Å². The Morgan fingerprint density at radius 1 is 0.441 bits per heavy atom. The molecule has 6 nitrogen and oxygen atoms in total. The van der Waals surface area contributed by atoms with Gasteiger partial charge in [-0.1, -0.05) is 180 Å². The van der Waals surface area contributed by atoms with Gasteiger partial charge in [-0.25, -0.2) is 20.9 Å². The molecule has 0 fully saturated rings. The van der Waals surface area contributed by atoms with Gasteiger partial charge in [-0.3, -0.25) is 8.42 Å². The van der Waals surface area contributed by atoms with Crippen LogP contribution in [0.2, 0.25) is 0 Å². The van der Waals surface area contributed by atoms with Crippen molar-refractivity contribution in [2.75, 3.05) is 14.1 Å². The first-order chi connectivity index (χ1) is 27.9. The molecule has 6 aromatic rings. The normalized spacial score (nSPS) is 12.0. The average molecular weight is 861 g/mol. The summed E-state index contributed by atoms with van der Waals surface area (Å²) in [6.07, 6.45) is 3.51. The van der Waals surface area contributed by atoms with Crippen molar-refractivity contribution in [1.82, 2.24) is 0 Å². The largest absolute Gasteiger partial charge is 2.00 e. The molecular weight excluding hydrogens is 805 g/mol. The summed E-state index contributed by atoms with van der Waals surface area (Å²) in [6.45, 7) is 6.89. The molecule has 59 heavy (non-hydrogen) atoms. The molecule has 0 saturated heterocycles. The zero-order valence-corrected chi connectivity index (χ0v) is 37.9. The monoisotopic (exact) mass is 860 g/mol. The predicted octanol–water partition coefficient (Wildman–Crippen LogP) is 11.6. The maximum Gasteiger partial charge on any atom is 2.00 e. The zero-order chi connectivity index (χ0) is 42.2. The van der Waals surface area contributed by atoms with E-state index in [-0.39, 0.29) is 33.9 Å². The molecule has 0 aliphatic heterocycles. The first-order valence-corrected chi connectivity index (χ1v) is 22.2. The Kier molecular flexibility index (Phi) is 22.9. The van der Waals surface area contributed by atoms with Crippen molar-refractivity contribution in [2.24, 2.45) is 8.73 Å². The second-order valence-corrected chi connectivity index (χ2v) is 17.7. The first-order valence-electron chi connectivity index (χ1n) is 19.0. The quantitative estimate of drug-likeness (QED) is 0.106. The van der Waals surface area contributed by atoms with Crippen molar-refractivity contribution in [3.8, 4) is 0 Å². The molecule has 6 aromatic carbocycles. The number of aliphatic hydroxyl groups is 2. The fourth-order valence-electron chi connectivity index (χ4n) is 5.23. The van der Waals surface area contributed by atoms with Crippen LogP contribution in [0.3, 0.4) is 0 Å². The summed E-state index contributed by atoms with van der Waals surface area (Å²) in [5.41, 5.74) is 6.36. The van der Waals surface area contributed by atoms with E-state index in [4.69, 9.17) is 10.2 Å². The van der Waals surface area contributed by atoms with Crippen LogP contribution in [0.15, 0.2) is 213 Å². The van der Waals surface area contributed by atoms with Crippen molar-refractivity contribution in [3.05, 3.63) is 228 Å². The Morgan fingerprint density at radius 3 is 0.814 bits per heavy atom. The van der Waals surface area contributed by atoms with Gasteiger partial charge in [-0.15, -0.1) is 11.5 Å². The summed E-state index contributed by atoms with van der Waals surface area (Å²) in [7, 11) is -1.98. The van der Waals surface area contributed by atoms with E-state index in [1.54, 1.807) is 53.3 Å². The van der Waals surface area contributed by atoms with E-state index in [0.717, 1.165) is 33.4 Å². The Labute approximate surface area is 369 Å². The molecule has 0 aliphatic carbocycles. The van der Waals surface area contributed by atoms with Gasteiger partial charge >= 0.3 is 21.7 Å². The number of nitrogens with zero attached hydrogens (tertiary/aromatic N) is 2. The number of aliphatic hydroxyl groups excluding tert-OH is 2. The van der Waals surface area contributed by atoms with Gasteiger partial charge in [0.2, 0.25) is 0 Å². The maximum atomic E-state index is 13.3. The van der Waals surface area contributed by atoms with E-state index in [2.05, 4.69) is 57.3 Å². The summed E-state index contributed by atoms with van der Waals surface area (Å²) in [5.74, 6) is 3.44. The molecule has 0 heterocycles. The van der Waals surface area contributed by atoms with Crippen LogP contribution < -0.4 is 0 Å². The fraction of sp³-hybridized carbons (Fsp3) is 0.160. The molecule has 0 saturated carbocycles. The van der Waals surface area contributed by atoms with Gasteiger partial charge in [0.1, 0.15) is 0 Å². The summed E-state index contributed by atoms with van der Waals surface area (Å²) in [4.78, 5) is 1.43. The minimum atomic E-state index is -2.59. The van der Waals surface area contributed by atoms with E-state index in [9.17, 15) is 8.42 Å². The molecule has 2 N–H and O–H groups in total. The minimum absolute atomic E-state index is 0. The Balaban J connectivity index is 0.000000339. The molecule has 0 bridgehead atoms. The molecule has 0 spiro atoms. The van der Waals surface area contributed by atoms with E-state index in [1.807, 2.05) is 146 Å². The predicted molar refractivity (Wildman–Crippen MR) is 246 cm³/mol. The van der Waals surface area contributed by atoms with Crippen LogP contribution in [0.1, 0.15) is 49.9 Å². The van der Waals surface area contributed by atoms with Gasteiger partial charge < -0.3 is 10.2 Å². The molecule has 9 heteroatoms. The van der Waals surface area contributed by atoms with Crippen LogP contribution in [0, 0.1) is 11.5 Å². The van der Waals surface area contributed by atoms with E-state index in [0.29, 0.717) is 9.79 Å². The Morgan fingerprint density at radius 2 is 0.627 bits per heavy atom. The molecule has 0 radical (unpaired) electrons. The minimum Gasteiger partial charge on any atom is -0.394 e. The smallest absolute Gasteiger partial charge is 0.394 e. The second-order valence-electron chi connectivity index (χ2n) is 13.2. The van der Waals surface area contributed by atoms with Crippen LogP contribution in [-0.2, 0) is 41.2 Å². The zero-order valence-electron chi connectivity index (χ0n) is 34.7. The number of benzene rings is 6. The molecule has 0 aliphatic rings. The van der Waals surface area contributed by atoms with Gasteiger partial charge in [-0.2, -0.15) is 11.1 Å². The molecule has 0 aromatic heterocycles. The molecule has 2 atom stereocenters. The Hall–Kier alpha value is -4.93. The number of rotatable bonds is 10. The number of hydrogen-bond donors (Lipinski definition) is 2. The van der Waals surface area contributed by atoms with Crippen molar-refractivity contribution in [2.45, 2.75) is 49.7 Å². The van der Waals surface area contributed by atoms with Crippen LogP contribution in [0.4, 0.5) is 0 Å². The maximum absolute atomic E-state index is 13.3. The van der Waals surface area contributed by atoms with Crippen molar-refractivity contribution in [3.63, 3.8) is 0 Å². The van der Waals surface area contributed by atoms with Crippen LogP contribution >= 0.6 is 0 Å². The van der Waals surface area contributed by atoms with Crippen molar-refractivity contribution < 1.29 is 40.3 Å². The summed E-state index contributed by atoms with van der Waals surface area (Å²) in [5, 5.41) is 16.1.